The summed E-state index contributed by atoms with van der Waals surface area (Å²) in [5.41, 5.74) is 6.02. The van der Waals surface area contributed by atoms with Crippen molar-refractivity contribution in [1.82, 2.24) is 9.97 Å². The van der Waals surface area contributed by atoms with Crippen molar-refractivity contribution in [3.63, 3.8) is 0 Å². The van der Waals surface area contributed by atoms with Crippen LogP contribution in [0.25, 0.3) is 10.2 Å². The Hall–Kier alpha value is -0.810. The summed E-state index contributed by atoms with van der Waals surface area (Å²) in [5.74, 6) is 2.79. The predicted octanol–water partition coefficient (Wildman–Crippen LogP) is 3.54. The first kappa shape index (κ1) is 11.3. The zero-order chi connectivity index (χ0) is 11.8. The third-order valence-corrected chi connectivity index (χ3v) is 5.35. The van der Waals surface area contributed by atoms with Crippen LogP contribution in [-0.4, -0.2) is 15.7 Å². The topological polar surface area (TPSA) is 51.8 Å². The molecule has 3 nitrogen and oxygen atoms in total. The maximum Gasteiger partial charge on any atom is 0.145 e. The third-order valence-electron chi connectivity index (χ3n) is 3.03. The molecule has 1 fully saturated rings. The Bertz CT molecular complexity index is 544. The van der Waals surface area contributed by atoms with E-state index in [0.717, 1.165) is 16.0 Å². The van der Waals surface area contributed by atoms with Gasteiger partial charge in [0.1, 0.15) is 16.5 Å². The van der Waals surface area contributed by atoms with Gasteiger partial charge < -0.3 is 5.73 Å². The number of hydrogen-bond donors (Lipinski definition) is 1. The van der Waals surface area contributed by atoms with E-state index in [1.54, 1.807) is 11.3 Å². The zero-order valence-corrected chi connectivity index (χ0v) is 11.4. The van der Waals surface area contributed by atoms with Gasteiger partial charge in [0, 0.05) is 4.88 Å². The van der Waals surface area contributed by atoms with Gasteiger partial charge in [0.25, 0.3) is 0 Å². The van der Waals surface area contributed by atoms with Gasteiger partial charge in [-0.2, -0.15) is 11.8 Å². The van der Waals surface area contributed by atoms with Gasteiger partial charge in [0.15, 0.2) is 0 Å². The van der Waals surface area contributed by atoms with E-state index in [-0.39, 0.29) is 0 Å². The van der Waals surface area contributed by atoms with Crippen LogP contribution in [0.3, 0.4) is 0 Å². The maximum absolute atomic E-state index is 6.02. The molecule has 90 valence electrons. The maximum atomic E-state index is 6.02. The van der Waals surface area contributed by atoms with Crippen molar-refractivity contribution in [1.29, 1.82) is 0 Å². The van der Waals surface area contributed by atoms with E-state index in [4.69, 9.17) is 5.73 Å². The average Bonchev–Trinajstić information content (AvgIpc) is 2.71. The Balaban J connectivity index is 2.04. The van der Waals surface area contributed by atoms with Crippen LogP contribution in [0.1, 0.15) is 35.2 Å². The molecule has 5 heteroatoms. The molecule has 1 unspecified atom stereocenters. The second-order valence-electron chi connectivity index (χ2n) is 4.40. The lowest BCUT2D eigenvalue weighted by molar-refractivity contribution is 0.665. The normalized spacial score (nSPS) is 20.9. The number of anilines is 1. The predicted molar refractivity (Wildman–Crippen MR) is 75.6 cm³/mol. The van der Waals surface area contributed by atoms with Crippen molar-refractivity contribution in [2.75, 3.05) is 11.5 Å². The highest BCUT2D eigenvalue weighted by atomic mass is 32.2. The number of thiophene rings is 1. The van der Waals surface area contributed by atoms with Gasteiger partial charge in [-0.15, -0.1) is 11.3 Å². The Labute approximate surface area is 109 Å². The molecule has 0 amide bonds. The quantitative estimate of drug-likeness (QED) is 0.857. The first-order chi connectivity index (χ1) is 8.24. The van der Waals surface area contributed by atoms with Crippen LogP contribution in [-0.2, 0) is 0 Å². The largest absolute Gasteiger partial charge is 0.383 e. The molecule has 2 N–H and O–H groups in total. The highest BCUT2D eigenvalue weighted by molar-refractivity contribution is 7.99. The summed E-state index contributed by atoms with van der Waals surface area (Å²) in [6.45, 7) is 2.08. The van der Waals surface area contributed by atoms with Gasteiger partial charge in [0.05, 0.1) is 10.6 Å². The zero-order valence-electron chi connectivity index (χ0n) is 9.77. The van der Waals surface area contributed by atoms with Crippen LogP contribution < -0.4 is 5.73 Å². The summed E-state index contributed by atoms with van der Waals surface area (Å²) in [6, 6.07) is 2.08. The molecule has 17 heavy (non-hydrogen) atoms. The Kier molecular flexibility index (Phi) is 2.96. The van der Waals surface area contributed by atoms with Gasteiger partial charge in [-0.05, 0) is 31.6 Å². The smallest absolute Gasteiger partial charge is 0.145 e. The molecule has 0 aliphatic carbocycles. The first-order valence-electron chi connectivity index (χ1n) is 5.89. The number of rotatable bonds is 1. The summed E-state index contributed by atoms with van der Waals surface area (Å²) < 4.78 is 0. The van der Waals surface area contributed by atoms with Crippen LogP contribution in [0, 0.1) is 6.92 Å². The Morgan fingerprint density at radius 2 is 2.24 bits per heavy atom. The summed E-state index contributed by atoms with van der Waals surface area (Å²) in [5, 5.41) is 1.45. The van der Waals surface area contributed by atoms with Crippen LogP contribution in [0.2, 0.25) is 0 Å². The molecule has 0 spiro atoms. The van der Waals surface area contributed by atoms with E-state index in [2.05, 4.69) is 23.0 Å². The fourth-order valence-corrected chi connectivity index (χ4v) is 4.31. The van der Waals surface area contributed by atoms with Crippen LogP contribution in [0.4, 0.5) is 5.82 Å². The molecule has 0 bridgehead atoms. The number of nitrogens with zero attached hydrogens (tertiary/aromatic N) is 2. The lowest BCUT2D eigenvalue weighted by Gasteiger charge is -2.19. The first-order valence-corrected chi connectivity index (χ1v) is 7.76. The van der Waals surface area contributed by atoms with E-state index in [0.29, 0.717) is 11.1 Å². The molecule has 1 aliphatic rings. The van der Waals surface area contributed by atoms with Gasteiger partial charge in [-0.25, -0.2) is 9.97 Å². The molecule has 0 aromatic carbocycles. The molecule has 1 atom stereocenters. The fourth-order valence-electron chi connectivity index (χ4n) is 2.17. The van der Waals surface area contributed by atoms with Gasteiger partial charge in [-0.3, -0.25) is 0 Å². The van der Waals surface area contributed by atoms with Crippen molar-refractivity contribution >= 4 is 39.1 Å². The van der Waals surface area contributed by atoms with Gasteiger partial charge >= 0.3 is 0 Å². The van der Waals surface area contributed by atoms with Gasteiger partial charge in [0.2, 0.25) is 0 Å². The molecule has 2 aromatic heterocycles. The summed E-state index contributed by atoms with van der Waals surface area (Å²) in [4.78, 5) is 11.5. The number of nitrogens with two attached hydrogens (primary N) is 1. The second kappa shape index (κ2) is 4.46. The lowest BCUT2D eigenvalue weighted by atomic mass is 10.2. The van der Waals surface area contributed by atoms with Crippen molar-refractivity contribution in [2.45, 2.75) is 31.4 Å². The van der Waals surface area contributed by atoms with Crippen molar-refractivity contribution in [3.8, 4) is 0 Å². The minimum absolute atomic E-state index is 0.442. The van der Waals surface area contributed by atoms with Crippen LogP contribution in [0.5, 0.6) is 0 Å². The number of fused-ring (bicyclic) bond motifs is 1. The van der Waals surface area contributed by atoms with Crippen molar-refractivity contribution in [3.05, 3.63) is 16.8 Å². The second-order valence-corrected chi connectivity index (χ2v) is 6.94. The van der Waals surface area contributed by atoms with E-state index >= 15 is 0 Å². The number of aryl methyl sites for hydroxylation is 1. The van der Waals surface area contributed by atoms with Crippen molar-refractivity contribution in [2.24, 2.45) is 0 Å². The SMILES string of the molecule is Cc1cc2c(N)nc(C3CCCCS3)nc2s1. The fraction of sp³-hybridized carbons (Fsp3) is 0.500. The molecule has 1 saturated heterocycles. The Morgan fingerprint density at radius 1 is 1.35 bits per heavy atom. The highest BCUT2D eigenvalue weighted by Crippen LogP contribution is 2.38. The van der Waals surface area contributed by atoms with E-state index in [9.17, 15) is 0 Å². The molecule has 0 saturated carbocycles. The summed E-state index contributed by atoms with van der Waals surface area (Å²) in [7, 11) is 0. The lowest BCUT2D eigenvalue weighted by Crippen LogP contribution is -2.08. The summed E-state index contributed by atoms with van der Waals surface area (Å²) >= 11 is 3.67. The molecule has 3 heterocycles. The minimum atomic E-state index is 0.442. The average molecular weight is 265 g/mol. The molecule has 0 radical (unpaired) electrons. The van der Waals surface area contributed by atoms with Crippen LogP contribution >= 0.6 is 23.1 Å². The van der Waals surface area contributed by atoms with E-state index < -0.39 is 0 Å². The monoisotopic (exact) mass is 265 g/mol. The molecule has 2 aromatic rings. The number of aromatic nitrogens is 2. The number of thioether (sulfide) groups is 1. The molecular weight excluding hydrogens is 250 g/mol. The minimum Gasteiger partial charge on any atom is -0.383 e. The molecular formula is C12H15N3S2. The number of nitrogen functional groups attached to an aromatic ring is 1. The van der Waals surface area contributed by atoms with Crippen molar-refractivity contribution < 1.29 is 0 Å². The highest BCUT2D eigenvalue weighted by Gasteiger charge is 2.20. The van der Waals surface area contributed by atoms with E-state index in [1.807, 2.05) is 11.8 Å². The van der Waals surface area contributed by atoms with Crippen LogP contribution in [0.15, 0.2) is 6.07 Å². The van der Waals surface area contributed by atoms with Gasteiger partial charge in [-0.1, -0.05) is 6.42 Å². The third kappa shape index (κ3) is 2.13. The Morgan fingerprint density at radius 3 is 3.00 bits per heavy atom. The molecule has 1 aliphatic heterocycles. The molecule has 3 rings (SSSR count). The number of hydrogen-bond acceptors (Lipinski definition) is 5. The standard InChI is InChI=1S/C12H15N3S2/c1-7-6-8-10(13)14-11(15-12(8)17-7)9-4-2-3-5-16-9/h6,9H,2-5H2,1H3,(H2,13,14,15). The summed E-state index contributed by atoms with van der Waals surface area (Å²) in [6.07, 6.45) is 3.78. The van der Waals surface area contributed by atoms with E-state index in [1.165, 1.54) is 29.9 Å².